The molecule has 0 radical (unpaired) electrons. The van der Waals surface area contributed by atoms with Crippen LogP contribution in [0.1, 0.15) is 42.8 Å². The van der Waals surface area contributed by atoms with Gasteiger partial charge in [-0.15, -0.1) is 0 Å². The van der Waals surface area contributed by atoms with Gasteiger partial charge in [-0.3, -0.25) is 9.48 Å². The van der Waals surface area contributed by atoms with Gasteiger partial charge in [-0.1, -0.05) is 11.6 Å². The number of rotatable bonds is 3. The van der Waals surface area contributed by atoms with Crippen LogP contribution in [-0.4, -0.2) is 24.4 Å². The zero-order valence-electron chi connectivity index (χ0n) is 15.0. The van der Waals surface area contributed by atoms with E-state index in [0.29, 0.717) is 5.39 Å². The molecule has 1 atom stereocenters. The Hall–Kier alpha value is -2.39. The van der Waals surface area contributed by atoms with E-state index in [9.17, 15) is 23.1 Å². The lowest BCUT2D eigenvalue weighted by atomic mass is 9.91. The summed E-state index contributed by atoms with van der Waals surface area (Å²) in [4.78, 5) is 16.1. The number of alkyl halides is 3. The van der Waals surface area contributed by atoms with Crippen molar-refractivity contribution in [2.24, 2.45) is 7.05 Å². The molecule has 6 nitrogen and oxygen atoms in total. The summed E-state index contributed by atoms with van der Waals surface area (Å²) in [6, 6.07) is 2.88. The van der Waals surface area contributed by atoms with Gasteiger partial charge in [0, 0.05) is 36.4 Å². The Labute approximate surface area is 162 Å². The van der Waals surface area contributed by atoms with Crippen molar-refractivity contribution in [2.75, 3.05) is 0 Å². The maximum Gasteiger partial charge on any atom is 0.434 e. The highest BCUT2D eigenvalue weighted by molar-refractivity contribution is 6.31. The Balaban J connectivity index is 1.87. The second-order valence-electron chi connectivity index (χ2n) is 7.12. The van der Waals surface area contributed by atoms with E-state index in [4.69, 9.17) is 11.6 Å². The fourth-order valence-corrected chi connectivity index (χ4v) is 3.74. The third-order valence-electron chi connectivity index (χ3n) is 5.00. The largest absolute Gasteiger partial charge is 0.434 e. The summed E-state index contributed by atoms with van der Waals surface area (Å²) in [7, 11) is 1.56. The molecule has 1 fully saturated rings. The molecule has 3 aromatic heterocycles. The third kappa shape index (κ3) is 2.89. The fraction of sp³-hybridized carbons (Fsp3) is 0.389. The van der Waals surface area contributed by atoms with Gasteiger partial charge in [0.1, 0.15) is 5.60 Å². The van der Waals surface area contributed by atoms with Gasteiger partial charge in [0.05, 0.1) is 10.7 Å². The molecule has 1 N–H and O–H groups in total. The first-order chi connectivity index (χ1) is 13.0. The van der Waals surface area contributed by atoms with Crippen LogP contribution >= 0.6 is 11.6 Å². The average Bonchev–Trinajstić information content (AvgIpc) is 3.36. The molecule has 4 rings (SSSR count). The van der Waals surface area contributed by atoms with Gasteiger partial charge in [0.15, 0.2) is 11.2 Å². The van der Waals surface area contributed by atoms with E-state index in [-0.39, 0.29) is 28.4 Å². The van der Waals surface area contributed by atoms with Gasteiger partial charge in [-0.2, -0.15) is 18.3 Å². The summed E-state index contributed by atoms with van der Waals surface area (Å²) in [5.41, 5.74) is -2.75. The molecule has 0 aliphatic heterocycles. The van der Waals surface area contributed by atoms with E-state index >= 15 is 0 Å². The summed E-state index contributed by atoms with van der Waals surface area (Å²) in [6.07, 6.45) is -0.258. The molecule has 3 aromatic rings. The monoisotopic (exact) mass is 412 g/mol. The molecule has 1 unspecified atom stereocenters. The standard InChI is InChI=1S/C18H16ClF3N4O2/c1-17(28,9-7-12(19)14(23-8-9)18(20,21)22)15-11-5-6-26(10-3-4-10)16(27)13(11)24-25(15)2/h5-8,10,28H,3-4H2,1-2H3. The SMILES string of the molecule is Cn1nc2c(=O)n(C3CC3)ccc2c1C(C)(O)c1cnc(C(F)(F)F)c(Cl)c1. The first kappa shape index (κ1) is 18.9. The van der Waals surface area contributed by atoms with Crippen molar-refractivity contribution >= 4 is 22.5 Å². The van der Waals surface area contributed by atoms with Crippen molar-refractivity contribution in [3.63, 3.8) is 0 Å². The van der Waals surface area contributed by atoms with Crippen molar-refractivity contribution in [1.29, 1.82) is 0 Å². The lowest BCUT2D eigenvalue weighted by Crippen LogP contribution is -2.27. The van der Waals surface area contributed by atoms with Crippen LogP contribution in [0.3, 0.4) is 0 Å². The molecular weight excluding hydrogens is 397 g/mol. The molecule has 0 aromatic carbocycles. The summed E-state index contributed by atoms with van der Waals surface area (Å²) >= 11 is 5.76. The number of hydrogen-bond acceptors (Lipinski definition) is 4. The van der Waals surface area contributed by atoms with Gasteiger partial charge < -0.3 is 9.67 Å². The van der Waals surface area contributed by atoms with Crippen LogP contribution in [-0.2, 0) is 18.8 Å². The van der Waals surface area contributed by atoms with E-state index in [1.165, 1.54) is 11.6 Å². The van der Waals surface area contributed by atoms with E-state index in [0.717, 1.165) is 25.1 Å². The van der Waals surface area contributed by atoms with Crippen molar-refractivity contribution in [3.05, 3.63) is 56.9 Å². The molecule has 1 aliphatic rings. The average molecular weight is 413 g/mol. The minimum absolute atomic E-state index is 0.0572. The number of fused-ring (bicyclic) bond motifs is 1. The van der Waals surface area contributed by atoms with Crippen molar-refractivity contribution in [2.45, 2.75) is 37.6 Å². The van der Waals surface area contributed by atoms with Crippen LogP contribution in [0.25, 0.3) is 10.9 Å². The van der Waals surface area contributed by atoms with Gasteiger partial charge in [-0.25, -0.2) is 4.98 Å². The highest BCUT2D eigenvalue weighted by atomic mass is 35.5. The van der Waals surface area contributed by atoms with Crippen molar-refractivity contribution in [1.82, 2.24) is 19.3 Å². The molecule has 10 heteroatoms. The molecule has 0 spiro atoms. The normalized spacial score (nSPS) is 17.1. The van der Waals surface area contributed by atoms with E-state index in [1.807, 2.05) is 0 Å². The molecule has 1 aliphatic carbocycles. The number of aromatic nitrogens is 4. The first-order valence-electron chi connectivity index (χ1n) is 8.55. The summed E-state index contributed by atoms with van der Waals surface area (Å²) in [5.74, 6) is 0. The zero-order chi connectivity index (χ0) is 20.4. The Kier molecular flexibility index (Phi) is 4.10. The molecule has 28 heavy (non-hydrogen) atoms. The lowest BCUT2D eigenvalue weighted by molar-refractivity contribution is -0.141. The number of aryl methyl sites for hydroxylation is 1. The smallest absolute Gasteiger partial charge is 0.379 e. The van der Waals surface area contributed by atoms with Crippen LogP contribution in [0.2, 0.25) is 5.02 Å². The number of hydrogen-bond donors (Lipinski definition) is 1. The van der Waals surface area contributed by atoms with E-state index in [1.54, 1.807) is 23.9 Å². The summed E-state index contributed by atoms with van der Waals surface area (Å²) in [6.45, 7) is 1.40. The van der Waals surface area contributed by atoms with Crippen LogP contribution < -0.4 is 5.56 Å². The molecule has 0 saturated heterocycles. The van der Waals surface area contributed by atoms with Crippen LogP contribution in [0.5, 0.6) is 0 Å². The minimum Gasteiger partial charge on any atom is -0.379 e. The molecule has 0 amide bonds. The molecule has 0 bridgehead atoms. The Morgan fingerprint density at radius 2 is 2.00 bits per heavy atom. The van der Waals surface area contributed by atoms with E-state index in [2.05, 4.69) is 10.1 Å². The predicted octanol–water partition coefficient (Wildman–Crippen LogP) is 3.39. The number of halogens is 4. The van der Waals surface area contributed by atoms with Crippen LogP contribution in [0, 0.1) is 0 Å². The predicted molar refractivity (Wildman–Crippen MR) is 96.2 cm³/mol. The van der Waals surface area contributed by atoms with Gasteiger partial charge in [0.25, 0.3) is 5.56 Å². The van der Waals surface area contributed by atoms with Crippen molar-refractivity contribution in [3.8, 4) is 0 Å². The van der Waals surface area contributed by atoms with Gasteiger partial charge >= 0.3 is 6.18 Å². The topological polar surface area (TPSA) is 72.9 Å². The number of nitrogens with zero attached hydrogens (tertiary/aromatic N) is 4. The van der Waals surface area contributed by atoms with E-state index < -0.39 is 22.5 Å². The highest BCUT2D eigenvalue weighted by Crippen LogP contribution is 2.38. The third-order valence-corrected chi connectivity index (χ3v) is 5.28. The van der Waals surface area contributed by atoms with Gasteiger partial charge in [0.2, 0.25) is 0 Å². The maximum atomic E-state index is 12.9. The fourth-order valence-electron chi connectivity index (χ4n) is 3.47. The molecule has 1 saturated carbocycles. The molecule has 148 valence electrons. The van der Waals surface area contributed by atoms with Gasteiger partial charge in [-0.05, 0) is 31.9 Å². The van der Waals surface area contributed by atoms with Crippen LogP contribution in [0.4, 0.5) is 13.2 Å². The quantitative estimate of drug-likeness (QED) is 0.715. The summed E-state index contributed by atoms with van der Waals surface area (Å²) < 4.78 is 41.7. The second-order valence-corrected chi connectivity index (χ2v) is 7.53. The minimum atomic E-state index is -4.70. The Morgan fingerprint density at radius 3 is 2.57 bits per heavy atom. The van der Waals surface area contributed by atoms with Crippen molar-refractivity contribution < 1.29 is 18.3 Å². The zero-order valence-corrected chi connectivity index (χ0v) is 15.7. The van der Waals surface area contributed by atoms with Crippen LogP contribution in [0.15, 0.2) is 29.3 Å². The molecule has 3 heterocycles. The Bertz CT molecular complexity index is 1150. The second kappa shape index (κ2) is 6.05. The highest BCUT2D eigenvalue weighted by Gasteiger charge is 2.38. The summed E-state index contributed by atoms with van der Waals surface area (Å²) in [5, 5.41) is 15.2. The first-order valence-corrected chi connectivity index (χ1v) is 8.93. The Morgan fingerprint density at radius 1 is 1.32 bits per heavy atom. The molecular formula is C18H16ClF3N4O2. The lowest BCUT2D eigenvalue weighted by Gasteiger charge is -2.25. The number of pyridine rings is 2. The maximum absolute atomic E-state index is 12.9. The number of aliphatic hydroxyl groups is 1.